The molecule has 0 bridgehead atoms. The number of hydrogen-bond donors (Lipinski definition) is 2. The molecular formula is C13H15NO3. The number of carbonyl (C=O) groups excluding carboxylic acids is 1. The van der Waals surface area contributed by atoms with Gasteiger partial charge in [0.2, 0.25) is 6.41 Å². The van der Waals surface area contributed by atoms with Crippen LogP contribution in [0.3, 0.4) is 0 Å². The summed E-state index contributed by atoms with van der Waals surface area (Å²) in [7, 11) is 0. The summed E-state index contributed by atoms with van der Waals surface area (Å²) in [5, 5.41) is 11.3. The molecule has 1 aromatic rings. The van der Waals surface area contributed by atoms with Crippen LogP contribution in [0.15, 0.2) is 24.3 Å². The van der Waals surface area contributed by atoms with E-state index in [1.54, 1.807) is 0 Å². The van der Waals surface area contributed by atoms with Crippen molar-refractivity contribution in [2.75, 3.05) is 0 Å². The molecule has 1 fully saturated rings. The van der Waals surface area contributed by atoms with Crippen molar-refractivity contribution >= 4 is 12.4 Å². The molecule has 4 heteroatoms. The van der Waals surface area contributed by atoms with Crippen molar-refractivity contribution in [2.45, 2.75) is 31.2 Å². The van der Waals surface area contributed by atoms with Crippen molar-refractivity contribution in [1.82, 2.24) is 5.32 Å². The fraction of sp³-hybridized carbons (Fsp3) is 0.385. The minimum Gasteiger partial charge on any atom is -0.481 e. The first-order chi connectivity index (χ1) is 8.20. The van der Waals surface area contributed by atoms with Crippen LogP contribution in [-0.4, -0.2) is 17.5 Å². The molecule has 90 valence electrons. The van der Waals surface area contributed by atoms with Crippen molar-refractivity contribution in [3.8, 4) is 0 Å². The molecule has 0 aromatic heterocycles. The van der Waals surface area contributed by atoms with Gasteiger partial charge in [0, 0.05) is 0 Å². The maximum atomic E-state index is 10.7. The number of amides is 1. The summed E-state index contributed by atoms with van der Waals surface area (Å²) >= 11 is 0. The third-order valence-electron chi connectivity index (χ3n) is 3.04. The lowest BCUT2D eigenvalue weighted by Gasteiger charge is -2.14. The molecule has 1 saturated carbocycles. The van der Waals surface area contributed by atoms with Gasteiger partial charge < -0.3 is 10.4 Å². The van der Waals surface area contributed by atoms with Crippen LogP contribution in [0.4, 0.5) is 0 Å². The molecule has 1 aliphatic carbocycles. The SMILES string of the molecule is O=CN[C@@H](CC(=O)O)c1ccc(C2CC2)cc1. The summed E-state index contributed by atoms with van der Waals surface area (Å²) in [4.78, 5) is 21.1. The van der Waals surface area contributed by atoms with Crippen molar-refractivity contribution in [3.05, 3.63) is 35.4 Å². The Labute approximate surface area is 99.6 Å². The van der Waals surface area contributed by atoms with Gasteiger partial charge in [-0.3, -0.25) is 9.59 Å². The van der Waals surface area contributed by atoms with E-state index in [1.807, 2.05) is 24.3 Å². The van der Waals surface area contributed by atoms with Crippen molar-refractivity contribution in [2.24, 2.45) is 0 Å². The Bertz CT molecular complexity index is 409. The molecule has 1 aromatic carbocycles. The summed E-state index contributed by atoms with van der Waals surface area (Å²) in [6.07, 6.45) is 2.93. The van der Waals surface area contributed by atoms with E-state index in [9.17, 15) is 9.59 Å². The van der Waals surface area contributed by atoms with Crippen molar-refractivity contribution in [1.29, 1.82) is 0 Å². The van der Waals surface area contributed by atoms with E-state index >= 15 is 0 Å². The van der Waals surface area contributed by atoms with Gasteiger partial charge in [0.15, 0.2) is 0 Å². The third-order valence-corrected chi connectivity index (χ3v) is 3.04. The first-order valence-corrected chi connectivity index (χ1v) is 5.72. The van der Waals surface area contributed by atoms with E-state index in [1.165, 1.54) is 18.4 Å². The predicted molar refractivity (Wildman–Crippen MR) is 62.6 cm³/mol. The molecule has 0 saturated heterocycles. The molecule has 0 unspecified atom stereocenters. The standard InChI is InChI=1S/C13H15NO3/c15-8-14-12(7-13(16)17)11-5-3-10(4-6-11)9-1-2-9/h3-6,8-9,12H,1-2,7H2,(H,14,15)(H,16,17)/t12-/m0/s1. The van der Waals surface area contributed by atoms with Gasteiger partial charge in [0.05, 0.1) is 12.5 Å². The number of nitrogens with one attached hydrogen (secondary N) is 1. The van der Waals surface area contributed by atoms with Gasteiger partial charge in [-0.2, -0.15) is 0 Å². The zero-order valence-electron chi connectivity index (χ0n) is 9.43. The van der Waals surface area contributed by atoms with E-state index in [0.717, 1.165) is 5.56 Å². The molecule has 0 radical (unpaired) electrons. The zero-order valence-corrected chi connectivity index (χ0v) is 9.43. The fourth-order valence-corrected chi connectivity index (χ4v) is 1.95. The zero-order chi connectivity index (χ0) is 12.3. The molecule has 0 aliphatic heterocycles. The van der Waals surface area contributed by atoms with Crippen LogP contribution in [-0.2, 0) is 9.59 Å². The average Bonchev–Trinajstić information content (AvgIpc) is 3.12. The monoisotopic (exact) mass is 233 g/mol. The first-order valence-electron chi connectivity index (χ1n) is 5.72. The highest BCUT2D eigenvalue weighted by Gasteiger charge is 2.23. The van der Waals surface area contributed by atoms with E-state index in [0.29, 0.717) is 12.3 Å². The molecule has 1 aliphatic rings. The second-order valence-corrected chi connectivity index (χ2v) is 4.38. The number of aliphatic carboxylic acids is 1. The molecular weight excluding hydrogens is 218 g/mol. The highest BCUT2D eigenvalue weighted by Crippen LogP contribution is 2.40. The Morgan fingerprint density at radius 3 is 2.53 bits per heavy atom. The van der Waals surface area contributed by atoms with Crippen molar-refractivity contribution < 1.29 is 14.7 Å². The Morgan fingerprint density at radius 1 is 1.41 bits per heavy atom. The molecule has 1 amide bonds. The molecule has 0 spiro atoms. The molecule has 2 rings (SSSR count). The summed E-state index contributed by atoms with van der Waals surface area (Å²) in [6.45, 7) is 0. The third kappa shape index (κ3) is 3.06. The first kappa shape index (κ1) is 11.6. The van der Waals surface area contributed by atoms with Gasteiger partial charge in [-0.1, -0.05) is 24.3 Å². The Morgan fingerprint density at radius 2 is 2.06 bits per heavy atom. The van der Waals surface area contributed by atoms with Crippen LogP contribution in [0.2, 0.25) is 0 Å². The lowest BCUT2D eigenvalue weighted by Crippen LogP contribution is -2.22. The molecule has 17 heavy (non-hydrogen) atoms. The van der Waals surface area contributed by atoms with Gasteiger partial charge >= 0.3 is 5.97 Å². The van der Waals surface area contributed by atoms with Gasteiger partial charge in [-0.25, -0.2) is 0 Å². The smallest absolute Gasteiger partial charge is 0.305 e. The van der Waals surface area contributed by atoms with Gasteiger partial charge in [-0.05, 0) is 29.9 Å². The highest BCUT2D eigenvalue weighted by atomic mass is 16.4. The lowest BCUT2D eigenvalue weighted by molar-refractivity contribution is -0.137. The number of carboxylic acids is 1. The number of hydrogen-bond acceptors (Lipinski definition) is 2. The molecule has 2 N–H and O–H groups in total. The average molecular weight is 233 g/mol. The van der Waals surface area contributed by atoms with Crippen LogP contribution >= 0.6 is 0 Å². The summed E-state index contributed by atoms with van der Waals surface area (Å²) < 4.78 is 0. The van der Waals surface area contributed by atoms with Crippen LogP contribution in [0.1, 0.15) is 42.3 Å². The second kappa shape index (κ2) is 4.99. The number of rotatable bonds is 6. The van der Waals surface area contributed by atoms with Gasteiger partial charge in [-0.15, -0.1) is 0 Å². The van der Waals surface area contributed by atoms with Gasteiger partial charge in [0.1, 0.15) is 0 Å². The molecule has 1 atom stereocenters. The van der Waals surface area contributed by atoms with E-state index in [2.05, 4.69) is 5.32 Å². The van der Waals surface area contributed by atoms with Crippen LogP contribution < -0.4 is 5.32 Å². The van der Waals surface area contributed by atoms with E-state index in [-0.39, 0.29) is 6.42 Å². The van der Waals surface area contributed by atoms with Crippen LogP contribution in [0.25, 0.3) is 0 Å². The maximum absolute atomic E-state index is 10.7. The fourth-order valence-electron chi connectivity index (χ4n) is 1.95. The number of carboxylic acid groups (broad SMARTS) is 1. The van der Waals surface area contributed by atoms with E-state index in [4.69, 9.17) is 5.11 Å². The lowest BCUT2D eigenvalue weighted by atomic mass is 10.0. The normalized spacial score (nSPS) is 16.2. The maximum Gasteiger partial charge on any atom is 0.305 e. The number of benzene rings is 1. The number of carbonyl (C=O) groups is 2. The topological polar surface area (TPSA) is 66.4 Å². The largest absolute Gasteiger partial charge is 0.481 e. The quantitative estimate of drug-likeness (QED) is 0.736. The van der Waals surface area contributed by atoms with Gasteiger partial charge in [0.25, 0.3) is 0 Å². The van der Waals surface area contributed by atoms with Crippen molar-refractivity contribution in [3.63, 3.8) is 0 Å². The Kier molecular flexibility index (Phi) is 3.42. The summed E-state index contributed by atoms with van der Waals surface area (Å²) in [6, 6.07) is 7.40. The molecule has 4 nitrogen and oxygen atoms in total. The summed E-state index contributed by atoms with van der Waals surface area (Å²) in [5.41, 5.74) is 2.14. The minimum atomic E-state index is -0.921. The Balaban J connectivity index is 2.10. The minimum absolute atomic E-state index is 0.0957. The highest BCUT2D eigenvalue weighted by molar-refractivity contribution is 5.68. The van der Waals surface area contributed by atoms with Crippen LogP contribution in [0, 0.1) is 0 Å². The Hall–Kier alpha value is -1.84. The predicted octanol–water partition coefficient (Wildman–Crippen LogP) is 1.83. The van der Waals surface area contributed by atoms with Crippen LogP contribution in [0.5, 0.6) is 0 Å². The molecule has 0 heterocycles. The second-order valence-electron chi connectivity index (χ2n) is 4.38. The summed E-state index contributed by atoms with van der Waals surface area (Å²) in [5.74, 6) is -0.239. The van der Waals surface area contributed by atoms with E-state index < -0.39 is 12.0 Å².